The Kier molecular flexibility index (Phi) is 10.0. The minimum atomic E-state index is -4.52. The van der Waals surface area contributed by atoms with Crippen LogP contribution in [0.15, 0.2) is 78.6 Å². The smallest absolute Gasteiger partial charge is 0.353 e. The number of benzene rings is 3. The van der Waals surface area contributed by atoms with Crippen LogP contribution in [0.3, 0.4) is 0 Å². The van der Waals surface area contributed by atoms with Crippen LogP contribution >= 0.6 is 0 Å². The van der Waals surface area contributed by atoms with Crippen LogP contribution in [0.1, 0.15) is 59.8 Å². The second-order valence-electron chi connectivity index (χ2n) is 13.1. The molecule has 1 atom stereocenters. The van der Waals surface area contributed by atoms with E-state index in [1.807, 2.05) is 25.2 Å². The number of H-pyrrole nitrogens is 1. The summed E-state index contributed by atoms with van der Waals surface area (Å²) in [5.74, 6) is -2.34. The number of halogens is 5. The Morgan fingerprint density at radius 2 is 1.74 bits per heavy atom. The van der Waals surface area contributed by atoms with Gasteiger partial charge in [-0.25, -0.2) is 13.3 Å². The van der Waals surface area contributed by atoms with E-state index < -0.39 is 23.4 Å². The molecule has 3 aromatic carbocycles. The lowest BCUT2D eigenvalue weighted by Crippen LogP contribution is -2.44. The molecular weight excluding hydrogens is 653 g/mol. The Bertz CT molecular complexity index is 1910. The van der Waals surface area contributed by atoms with Gasteiger partial charge in [0.25, 0.3) is 0 Å². The highest BCUT2D eigenvalue weighted by molar-refractivity contribution is 6.10. The van der Waals surface area contributed by atoms with Crippen molar-refractivity contribution in [3.05, 3.63) is 113 Å². The number of carbonyl (C=O) groups excluding carboxylic acids is 2. The summed E-state index contributed by atoms with van der Waals surface area (Å²) >= 11 is 0. The summed E-state index contributed by atoms with van der Waals surface area (Å²) in [6.07, 6.45) is 1.11. The molecule has 7 nitrogen and oxygen atoms in total. The van der Waals surface area contributed by atoms with E-state index in [-0.39, 0.29) is 52.7 Å². The number of allylic oxidation sites excluding steroid dienone is 2. The summed E-state index contributed by atoms with van der Waals surface area (Å²) in [4.78, 5) is 28.7. The van der Waals surface area contributed by atoms with E-state index >= 15 is 0 Å². The van der Waals surface area contributed by atoms with Crippen molar-refractivity contribution in [1.82, 2.24) is 24.9 Å². The fraction of sp³-hybridized carbons (Fsp3) is 0.342. The van der Waals surface area contributed by atoms with Gasteiger partial charge < -0.3 is 10.2 Å². The number of piperidine rings is 1. The Balaban J connectivity index is 1.37. The van der Waals surface area contributed by atoms with Gasteiger partial charge in [-0.1, -0.05) is 37.3 Å². The van der Waals surface area contributed by atoms with Gasteiger partial charge in [0.1, 0.15) is 11.9 Å². The number of hydrogen-bond acceptors (Lipinski definition) is 4. The van der Waals surface area contributed by atoms with Crippen molar-refractivity contribution in [2.24, 2.45) is 0 Å². The number of aromatic amines is 1. The number of likely N-dealkylation sites (tertiary alicyclic amines) is 1. The van der Waals surface area contributed by atoms with Gasteiger partial charge in [-0.2, -0.15) is 18.3 Å². The Labute approximate surface area is 287 Å². The van der Waals surface area contributed by atoms with Crippen LogP contribution < -0.4 is 9.80 Å². The van der Waals surface area contributed by atoms with Crippen molar-refractivity contribution < 1.29 is 31.5 Å². The summed E-state index contributed by atoms with van der Waals surface area (Å²) in [5, 5.41) is 10.1. The van der Waals surface area contributed by atoms with E-state index in [0.29, 0.717) is 34.6 Å². The van der Waals surface area contributed by atoms with Crippen LogP contribution in [0.2, 0.25) is 0 Å². The van der Waals surface area contributed by atoms with Crippen LogP contribution in [0.5, 0.6) is 0 Å². The number of nitrogens with one attached hydrogen (secondary N) is 2. The van der Waals surface area contributed by atoms with E-state index in [0.717, 1.165) is 56.2 Å². The van der Waals surface area contributed by atoms with Crippen molar-refractivity contribution in [3.63, 3.8) is 0 Å². The Hall–Kier alpha value is -4.68. The largest absolute Gasteiger partial charge is 0.416 e. The monoisotopic (exact) mass is 692 g/mol. The van der Waals surface area contributed by atoms with Gasteiger partial charge in [0.2, 0.25) is 11.7 Å². The highest BCUT2D eigenvalue weighted by Crippen LogP contribution is 2.48. The van der Waals surface area contributed by atoms with Crippen molar-refractivity contribution in [3.8, 4) is 11.1 Å². The zero-order chi connectivity index (χ0) is 35.6. The maximum atomic E-state index is 14.7. The van der Waals surface area contributed by atoms with E-state index in [4.69, 9.17) is 0 Å². The van der Waals surface area contributed by atoms with E-state index in [1.165, 1.54) is 36.5 Å². The summed E-state index contributed by atoms with van der Waals surface area (Å²) in [6, 6.07) is 14.5. The minimum Gasteiger partial charge on any atom is -0.353 e. The third-order valence-electron chi connectivity index (χ3n) is 10.0. The zero-order valence-corrected chi connectivity index (χ0v) is 27.9. The molecule has 1 unspecified atom stereocenters. The average Bonchev–Trinajstić information content (AvgIpc) is 3.62. The molecular formula is C38H39F5N5O2+. The number of alkyl halides is 3. The molecule has 1 amide bonds. The van der Waals surface area contributed by atoms with Gasteiger partial charge in [0.15, 0.2) is 28.7 Å². The highest BCUT2D eigenvalue weighted by atomic mass is 19.4. The van der Waals surface area contributed by atoms with Gasteiger partial charge in [0, 0.05) is 49.7 Å². The number of aryl methyl sites for hydroxylation is 2. The fourth-order valence-corrected chi connectivity index (χ4v) is 7.03. The molecule has 2 aliphatic heterocycles. The van der Waals surface area contributed by atoms with Crippen LogP contribution in [0.4, 0.5) is 33.3 Å². The van der Waals surface area contributed by atoms with E-state index in [1.54, 1.807) is 0 Å². The number of aromatic nitrogens is 2. The summed E-state index contributed by atoms with van der Waals surface area (Å²) < 4.78 is 69.2. The molecule has 0 radical (unpaired) electrons. The average molecular weight is 693 g/mol. The molecule has 1 fully saturated rings. The first kappa shape index (κ1) is 35.2. The summed E-state index contributed by atoms with van der Waals surface area (Å²) in [6.45, 7) is 4.98. The van der Waals surface area contributed by atoms with E-state index in [2.05, 4.69) is 27.3 Å². The second kappa shape index (κ2) is 14.3. The van der Waals surface area contributed by atoms with Gasteiger partial charge in [0.05, 0.1) is 12.6 Å². The molecule has 2 aliphatic rings. The number of nitrogens with zero attached hydrogens (tertiary/aromatic N) is 3. The molecule has 1 saturated heterocycles. The first-order chi connectivity index (χ1) is 23.9. The molecule has 0 bridgehead atoms. The highest BCUT2D eigenvalue weighted by Gasteiger charge is 2.44. The predicted molar refractivity (Wildman–Crippen MR) is 182 cm³/mol. The number of carbonyl (C=O) groups is 2. The molecule has 4 aromatic rings. The normalized spacial score (nSPS) is 18.5. The van der Waals surface area contributed by atoms with Crippen molar-refractivity contribution in [1.29, 1.82) is 0 Å². The van der Waals surface area contributed by atoms with Crippen molar-refractivity contribution >= 4 is 23.1 Å². The molecule has 262 valence electrons. The molecule has 0 saturated carbocycles. The third kappa shape index (κ3) is 7.13. The molecule has 2 N–H and O–H groups in total. The summed E-state index contributed by atoms with van der Waals surface area (Å²) in [5.41, 5.74) is 3.18. The Morgan fingerprint density at radius 3 is 2.44 bits per heavy atom. The third-order valence-corrected chi connectivity index (χ3v) is 10.0. The molecule has 6 rings (SSSR count). The SMILES string of the molecule is CCN1CCC(NC(=O)CCc2ccc(-c3ccc(C(F)(F)F)cc3)c([N+]3(C)C(CCc4cccc(F)c4F)=CC(=O)c4[nH]ncc43)c2)CC1. The number of quaternary nitrogens is 1. The first-order valence-electron chi connectivity index (χ1n) is 16.8. The lowest BCUT2D eigenvalue weighted by Gasteiger charge is -2.38. The molecule has 12 heteroatoms. The van der Waals surface area contributed by atoms with Gasteiger partial charge in [-0.15, -0.1) is 0 Å². The van der Waals surface area contributed by atoms with Crippen LogP contribution in [-0.4, -0.2) is 59.5 Å². The van der Waals surface area contributed by atoms with Crippen LogP contribution in [0.25, 0.3) is 11.1 Å². The topological polar surface area (TPSA) is 78.1 Å². The molecule has 3 heterocycles. The van der Waals surface area contributed by atoms with Gasteiger partial charge in [-0.05, 0) is 73.2 Å². The predicted octanol–water partition coefficient (Wildman–Crippen LogP) is 7.89. The van der Waals surface area contributed by atoms with Crippen molar-refractivity contribution in [2.45, 2.75) is 57.7 Å². The van der Waals surface area contributed by atoms with Gasteiger partial charge >= 0.3 is 6.18 Å². The van der Waals surface area contributed by atoms with Crippen molar-refractivity contribution in [2.75, 3.05) is 26.7 Å². The van der Waals surface area contributed by atoms with E-state index in [9.17, 15) is 31.5 Å². The standard InChI is InChI=1S/C38H38F5N5O2/c1-3-47-19-17-28(18-20-47)45-35(50)16-8-24-7-15-30(25-9-12-27(13-10-25)38(41,42)43)32(21-24)48(2)29(22-34(49)37-33(48)23-44-46-37)14-11-26-5-4-6-31(39)36(26)40/h4-7,9-10,12-13,15,21-23,28H,3,8,11,14,16-20H2,1-2H3,(H-,44,45,46,49,50)/p+1. The minimum absolute atomic E-state index is 0.0629. The maximum Gasteiger partial charge on any atom is 0.416 e. The second-order valence-corrected chi connectivity index (χ2v) is 13.1. The first-order valence-corrected chi connectivity index (χ1v) is 16.8. The summed E-state index contributed by atoms with van der Waals surface area (Å²) in [7, 11) is 1.84. The maximum absolute atomic E-state index is 14.7. The lowest BCUT2D eigenvalue weighted by molar-refractivity contribution is -0.137. The quantitative estimate of drug-likeness (QED) is 0.131. The fourth-order valence-electron chi connectivity index (χ4n) is 7.03. The van der Waals surface area contributed by atoms with Crippen LogP contribution in [-0.2, 0) is 23.8 Å². The molecule has 0 spiro atoms. The lowest BCUT2D eigenvalue weighted by atomic mass is 9.93. The molecule has 0 aliphatic carbocycles. The number of hydrogen-bond donors (Lipinski definition) is 2. The number of amides is 1. The Morgan fingerprint density at radius 1 is 1.00 bits per heavy atom. The number of fused-ring (bicyclic) bond motifs is 1. The molecule has 1 aromatic heterocycles. The van der Waals surface area contributed by atoms with Crippen LogP contribution in [0, 0.1) is 11.6 Å². The molecule has 50 heavy (non-hydrogen) atoms. The number of ketones is 1. The number of rotatable bonds is 10. The van der Waals surface area contributed by atoms with Gasteiger partial charge in [-0.3, -0.25) is 14.7 Å². The zero-order valence-electron chi connectivity index (χ0n) is 27.9.